The highest BCUT2D eigenvalue weighted by atomic mass is 19.1. The number of carboxylic acids is 1. The number of fused-ring (bicyclic) bond motifs is 2. The number of benzene rings is 1. The Labute approximate surface area is 181 Å². The topological polar surface area (TPSA) is 86.3 Å². The Morgan fingerprint density at radius 1 is 1.23 bits per heavy atom. The number of likely N-dealkylation sites (tertiary alicyclic amines) is 1. The first-order chi connectivity index (χ1) is 14.9. The van der Waals surface area contributed by atoms with Crippen molar-refractivity contribution >= 4 is 22.8 Å². The first-order valence-electron chi connectivity index (χ1n) is 11.6. The first-order valence-corrected chi connectivity index (χ1v) is 11.6. The summed E-state index contributed by atoms with van der Waals surface area (Å²) in [5.41, 5.74) is 0.352. The molecule has 7 heteroatoms. The van der Waals surface area contributed by atoms with E-state index in [1.54, 1.807) is 4.90 Å². The molecule has 0 spiro atoms. The lowest BCUT2D eigenvalue weighted by Crippen LogP contribution is -2.54. The Balaban J connectivity index is 1.40. The smallest absolute Gasteiger partial charge is 0.306 e. The Bertz CT molecular complexity index is 1010. The maximum absolute atomic E-state index is 16.1. The summed E-state index contributed by atoms with van der Waals surface area (Å²) in [5.74, 6) is -0.977. The molecule has 2 heterocycles. The fourth-order valence-electron chi connectivity index (χ4n) is 5.98. The van der Waals surface area contributed by atoms with Crippen molar-refractivity contribution in [2.45, 2.75) is 75.9 Å². The molecular formula is C24H30FN3O3. The lowest BCUT2D eigenvalue weighted by Gasteiger charge is -2.47. The van der Waals surface area contributed by atoms with E-state index in [1.165, 1.54) is 6.92 Å². The van der Waals surface area contributed by atoms with E-state index in [4.69, 9.17) is 0 Å². The molecule has 1 aromatic carbocycles. The standard InChI is InChI=1S/C24H30FN3O3/c1-24(25,22-21-15(14-10-11-14)5-2-8-18(21)26-27-22)13-20(29)28-12-4-7-16-17(23(30)31)6-3-9-19(16)28/h2,5,8,14,16-17,19H,3-4,6-7,9-13H2,1H3,(H,26,27)(H,30,31). The molecule has 2 aliphatic carbocycles. The van der Waals surface area contributed by atoms with Gasteiger partial charge in [-0.1, -0.05) is 18.6 Å². The lowest BCUT2D eigenvalue weighted by molar-refractivity contribution is -0.153. The number of aromatic nitrogens is 2. The fourth-order valence-corrected chi connectivity index (χ4v) is 5.98. The van der Waals surface area contributed by atoms with E-state index in [2.05, 4.69) is 10.2 Å². The van der Waals surface area contributed by atoms with Gasteiger partial charge in [-0.2, -0.15) is 5.10 Å². The van der Waals surface area contributed by atoms with Crippen LogP contribution in [0.25, 0.3) is 10.9 Å². The van der Waals surface area contributed by atoms with Crippen LogP contribution in [0.5, 0.6) is 0 Å². The van der Waals surface area contributed by atoms with Crippen LogP contribution in [0.2, 0.25) is 0 Å². The summed E-state index contributed by atoms with van der Waals surface area (Å²) >= 11 is 0. The molecule has 1 aliphatic heterocycles. The van der Waals surface area contributed by atoms with Crippen molar-refractivity contribution in [3.05, 3.63) is 29.5 Å². The Morgan fingerprint density at radius 3 is 2.77 bits per heavy atom. The molecule has 0 radical (unpaired) electrons. The number of carboxylic acid groups (broad SMARTS) is 1. The number of H-pyrrole nitrogens is 1. The third-order valence-corrected chi connectivity index (χ3v) is 7.62. The molecule has 4 unspecified atom stereocenters. The summed E-state index contributed by atoms with van der Waals surface area (Å²) in [6.45, 7) is 2.03. The average Bonchev–Trinajstić information content (AvgIpc) is 3.49. The van der Waals surface area contributed by atoms with Crippen molar-refractivity contribution in [1.82, 2.24) is 15.1 Å². The van der Waals surface area contributed by atoms with Crippen LogP contribution in [-0.4, -0.2) is 44.7 Å². The molecule has 2 aromatic rings. The molecule has 3 aliphatic rings. The number of hydrogen-bond donors (Lipinski definition) is 2. The van der Waals surface area contributed by atoms with Crippen LogP contribution in [0.4, 0.5) is 4.39 Å². The van der Waals surface area contributed by atoms with Gasteiger partial charge in [-0.25, -0.2) is 4.39 Å². The molecule has 166 valence electrons. The van der Waals surface area contributed by atoms with Crippen LogP contribution < -0.4 is 0 Å². The number of carbonyl (C=O) groups excluding carboxylic acids is 1. The Morgan fingerprint density at radius 2 is 2.03 bits per heavy atom. The highest BCUT2D eigenvalue weighted by Gasteiger charge is 2.45. The summed E-state index contributed by atoms with van der Waals surface area (Å²) in [5, 5.41) is 17.7. The van der Waals surface area contributed by atoms with Crippen molar-refractivity contribution < 1.29 is 19.1 Å². The SMILES string of the molecule is CC(F)(CC(=O)N1CCCC2C(C(=O)O)CCCC21)c1n[nH]c2cccc(C3CC3)c12. The number of aliphatic carboxylic acids is 1. The minimum Gasteiger partial charge on any atom is -0.481 e. The summed E-state index contributed by atoms with van der Waals surface area (Å²) in [6.07, 6.45) is 5.81. The number of amides is 1. The number of aromatic amines is 1. The molecule has 0 bridgehead atoms. The monoisotopic (exact) mass is 427 g/mol. The van der Waals surface area contributed by atoms with Crippen LogP contribution in [0.15, 0.2) is 18.2 Å². The van der Waals surface area contributed by atoms with Gasteiger partial charge in [-0.05, 0) is 68.9 Å². The van der Waals surface area contributed by atoms with Crippen LogP contribution in [-0.2, 0) is 15.3 Å². The van der Waals surface area contributed by atoms with Gasteiger partial charge >= 0.3 is 5.97 Å². The van der Waals surface area contributed by atoms with Gasteiger partial charge in [0, 0.05) is 18.0 Å². The van der Waals surface area contributed by atoms with Gasteiger partial charge in [0.15, 0.2) is 5.67 Å². The number of alkyl halides is 1. The van der Waals surface area contributed by atoms with E-state index in [-0.39, 0.29) is 24.3 Å². The van der Waals surface area contributed by atoms with Gasteiger partial charge in [0.1, 0.15) is 5.69 Å². The average molecular weight is 428 g/mol. The molecule has 1 saturated heterocycles. The predicted octanol–water partition coefficient (Wildman–Crippen LogP) is 4.51. The zero-order valence-electron chi connectivity index (χ0n) is 17.9. The second-order valence-corrected chi connectivity index (χ2v) is 9.83. The maximum Gasteiger partial charge on any atom is 0.306 e. The van der Waals surface area contributed by atoms with Gasteiger partial charge in [0.2, 0.25) is 5.91 Å². The predicted molar refractivity (Wildman–Crippen MR) is 114 cm³/mol. The molecule has 2 N–H and O–H groups in total. The number of carbonyl (C=O) groups is 2. The van der Waals surface area contributed by atoms with Crippen molar-refractivity contribution in [1.29, 1.82) is 0 Å². The van der Waals surface area contributed by atoms with E-state index in [1.807, 2.05) is 18.2 Å². The van der Waals surface area contributed by atoms with Crippen molar-refractivity contribution in [3.63, 3.8) is 0 Å². The molecular weight excluding hydrogens is 397 g/mol. The molecule has 4 atom stereocenters. The molecule has 1 amide bonds. The van der Waals surface area contributed by atoms with Gasteiger partial charge in [-0.15, -0.1) is 0 Å². The molecule has 5 rings (SSSR count). The van der Waals surface area contributed by atoms with Crippen LogP contribution in [0.3, 0.4) is 0 Å². The maximum atomic E-state index is 16.1. The minimum atomic E-state index is -1.89. The number of halogens is 1. The number of nitrogens with zero attached hydrogens (tertiary/aromatic N) is 2. The van der Waals surface area contributed by atoms with E-state index in [0.717, 1.165) is 55.0 Å². The van der Waals surface area contributed by atoms with E-state index in [9.17, 15) is 14.7 Å². The second kappa shape index (κ2) is 7.61. The third-order valence-electron chi connectivity index (χ3n) is 7.62. The molecule has 6 nitrogen and oxygen atoms in total. The van der Waals surface area contributed by atoms with Crippen molar-refractivity contribution in [2.75, 3.05) is 6.54 Å². The van der Waals surface area contributed by atoms with Gasteiger partial charge < -0.3 is 10.0 Å². The van der Waals surface area contributed by atoms with E-state index < -0.39 is 17.6 Å². The first kappa shape index (κ1) is 20.5. The zero-order chi connectivity index (χ0) is 21.8. The summed E-state index contributed by atoms with van der Waals surface area (Å²) < 4.78 is 16.1. The number of nitrogens with one attached hydrogen (secondary N) is 1. The van der Waals surface area contributed by atoms with Gasteiger partial charge in [0.05, 0.1) is 17.9 Å². The number of piperidine rings is 1. The molecule has 3 fully saturated rings. The van der Waals surface area contributed by atoms with E-state index >= 15 is 4.39 Å². The van der Waals surface area contributed by atoms with E-state index in [0.29, 0.717) is 24.6 Å². The summed E-state index contributed by atoms with van der Waals surface area (Å²) in [6, 6.07) is 5.82. The normalized spacial score (nSPS) is 28.2. The Kier molecular flexibility index (Phi) is 5.02. The van der Waals surface area contributed by atoms with Gasteiger partial charge in [-0.3, -0.25) is 14.7 Å². The highest BCUT2D eigenvalue weighted by molar-refractivity contribution is 5.88. The van der Waals surface area contributed by atoms with Crippen LogP contribution >= 0.6 is 0 Å². The van der Waals surface area contributed by atoms with Crippen molar-refractivity contribution in [2.24, 2.45) is 11.8 Å². The van der Waals surface area contributed by atoms with Crippen molar-refractivity contribution in [3.8, 4) is 0 Å². The van der Waals surface area contributed by atoms with Crippen LogP contribution in [0, 0.1) is 11.8 Å². The molecule has 2 saturated carbocycles. The van der Waals surface area contributed by atoms with Gasteiger partial charge in [0.25, 0.3) is 0 Å². The Hall–Kier alpha value is -2.44. The zero-order valence-corrected chi connectivity index (χ0v) is 17.9. The number of rotatable bonds is 5. The minimum absolute atomic E-state index is 0.0255. The second-order valence-electron chi connectivity index (χ2n) is 9.83. The fraction of sp³-hybridized carbons (Fsp3) is 0.625. The number of hydrogen-bond acceptors (Lipinski definition) is 3. The quantitative estimate of drug-likeness (QED) is 0.735. The molecule has 1 aromatic heterocycles. The third kappa shape index (κ3) is 3.62. The lowest BCUT2D eigenvalue weighted by atomic mass is 9.71. The largest absolute Gasteiger partial charge is 0.481 e. The van der Waals surface area contributed by atoms with Crippen LogP contribution in [0.1, 0.15) is 75.5 Å². The summed E-state index contributed by atoms with van der Waals surface area (Å²) in [4.78, 5) is 26.8. The summed E-state index contributed by atoms with van der Waals surface area (Å²) in [7, 11) is 0. The highest BCUT2D eigenvalue weighted by Crippen LogP contribution is 2.46. The molecule has 31 heavy (non-hydrogen) atoms.